The van der Waals surface area contributed by atoms with Crippen molar-refractivity contribution in [2.75, 3.05) is 32.8 Å². The molecule has 1 aromatic rings. The van der Waals surface area contributed by atoms with Crippen molar-refractivity contribution in [2.45, 2.75) is 32.4 Å². The van der Waals surface area contributed by atoms with Gasteiger partial charge in [-0.2, -0.15) is 0 Å². The summed E-state index contributed by atoms with van der Waals surface area (Å²) in [6, 6.07) is 3.75. The Morgan fingerprint density at radius 3 is 2.84 bits per heavy atom. The molecule has 0 aliphatic carbocycles. The van der Waals surface area contributed by atoms with Gasteiger partial charge in [0, 0.05) is 44.3 Å². The van der Waals surface area contributed by atoms with Gasteiger partial charge in [0.15, 0.2) is 0 Å². The first-order valence-electron chi connectivity index (χ1n) is 8.87. The molecule has 2 amide bonds. The van der Waals surface area contributed by atoms with E-state index in [4.69, 9.17) is 10.5 Å². The molecule has 0 aromatic carbocycles. The third-order valence-electron chi connectivity index (χ3n) is 5.16. The zero-order valence-electron chi connectivity index (χ0n) is 14.9. The number of primary amides is 1. The van der Waals surface area contributed by atoms with Gasteiger partial charge in [-0.3, -0.25) is 19.5 Å². The molecule has 7 nitrogen and oxygen atoms in total. The lowest BCUT2D eigenvalue weighted by Gasteiger charge is -2.38. The van der Waals surface area contributed by atoms with Crippen molar-refractivity contribution in [3.8, 4) is 0 Å². The average Bonchev–Trinajstić information content (AvgIpc) is 2.82. The molecule has 2 fully saturated rings. The summed E-state index contributed by atoms with van der Waals surface area (Å²) in [5.74, 6) is -0.454. The predicted molar refractivity (Wildman–Crippen MR) is 93.2 cm³/mol. The number of hydrogen-bond donors (Lipinski definition) is 1. The summed E-state index contributed by atoms with van der Waals surface area (Å²) in [6.45, 7) is 8.21. The Balaban J connectivity index is 1.73. The van der Waals surface area contributed by atoms with Gasteiger partial charge in [0.1, 0.15) is 5.69 Å². The van der Waals surface area contributed by atoms with Gasteiger partial charge in [0.25, 0.3) is 11.8 Å². The molecule has 25 heavy (non-hydrogen) atoms. The number of nitrogens with zero attached hydrogens (tertiary/aromatic N) is 3. The maximum absolute atomic E-state index is 12.9. The number of fused-ring (bicyclic) bond motifs is 1. The topological polar surface area (TPSA) is 88.8 Å². The van der Waals surface area contributed by atoms with Crippen LogP contribution in [0.4, 0.5) is 0 Å². The van der Waals surface area contributed by atoms with Crippen LogP contribution in [0.25, 0.3) is 0 Å². The summed E-state index contributed by atoms with van der Waals surface area (Å²) in [7, 11) is 0. The first-order valence-corrected chi connectivity index (χ1v) is 8.87. The van der Waals surface area contributed by atoms with Crippen molar-refractivity contribution in [3.63, 3.8) is 0 Å². The van der Waals surface area contributed by atoms with E-state index < -0.39 is 5.91 Å². The Morgan fingerprint density at radius 2 is 2.12 bits per heavy atom. The number of hydrogen-bond acceptors (Lipinski definition) is 5. The van der Waals surface area contributed by atoms with Crippen LogP contribution in [0.5, 0.6) is 0 Å². The minimum Gasteiger partial charge on any atom is -0.375 e. The molecule has 2 aliphatic rings. The zero-order chi connectivity index (χ0) is 18.0. The molecule has 136 valence electrons. The maximum atomic E-state index is 12.9. The molecule has 7 heteroatoms. The lowest BCUT2D eigenvalue weighted by Crippen LogP contribution is -2.49. The second-order valence-corrected chi connectivity index (χ2v) is 7.06. The van der Waals surface area contributed by atoms with E-state index in [1.54, 1.807) is 17.0 Å². The standard InChI is InChI=1S/C18H26N4O3/c1-12(2)21-8-9-25-15-11-22(7-5-13(15)10-21)18(24)14-4-3-6-20-16(14)17(19)23/h3-4,6,12-13,15H,5,7-11H2,1-2H3,(H2,19,23). The van der Waals surface area contributed by atoms with Gasteiger partial charge >= 0.3 is 0 Å². The number of nitrogens with two attached hydrogens (primary N) is 1. The predicted octanol–water partition coefficient (Wildman–Crippen LogP) is 0.752. The fourth-order valence-electron chi connectivity index (χ4n) is 3.67. The molecule has 0 radical (unpaired) electrons. The van der Waals surface area contributed by atoms with Crippen molar-refractivity contribution in [3.05, 3.63) is 29.6 Å². The van der Waals surface area contributed by atoms with Gasteiger partial charge in [0.2, 0.25) is 0 Å². The Hall–Kier alpha value is -1.99. The molecule has 2 unspecified atom stereocenters. The van der Waals surface area contributed by atoms with Gasteiger partial charge < -0.3 is 15.4 Å². The van der Waals surface area contributed by atoms with E-state index >= 15 is 0 Å². The van der Waals surface area contributed by atoms with Crippen LogP contribution in [0.3, 0.4) is 0 Å². The summed E-state index contributed by atoms with van der Waals surface area (Å²) < 4.78 is 6.04. The fraction of sp³-hybridized carbons (Fsp3) is 0.611. The zero-order valence-corrected chi connectivity index (χ0v) is 14.9. The highest BCUT2D eigenvalue weighted by molar-refractivity contribution is 6.05. The maximum Gasteiger partial charge on any atom is 0.268 e. The molecule has 3 rings (SSSR count). The number of ether oxygens (including phenoxy) is 1. The first kappa shape index (κ1) is 17.8. The third kappa shape index (κ3) is 3.82. The number of carbonyl (C=O) groups is 2. The number of amides is 2. The largest absolute Gasteiger partial charge is 0.375 e. The SMILES string of the molecule is CC(C)N1CCOC2CN(C(=O)c3cccnc3C(N)=O)CCC2C1. The summed E-state index contributed by atoms with van der Waals surface area (Å²) >= 11 is 0. The van der Waals surface area contributed by atoms with Crippen LogP contribution in [0.2, 0.25) is 0 Å². The molecule has 1 aromatic heterocycles. The van der Waals surface area contributed by atoms with Crippen LogP contribution in [-0.2, 0) is 4.74 Å². The highest BCUT2D eigenvalue weighted by atomic mass is 16.5. The minimum absolute atomic E-state index is 0.0300. The summed E-state index contributed by atoms with van der Waals surface area (Å²) in [5.41, 5.74) is 5.65. The first-order chi connectivity index (χ1) is 12.0. The monoisotopic (exact) mass is 346 g/mol. The molecule has 3 heterocycles. The molecular formula is C18H26N4O3. The second-order valence-electron chi connectivity index (χ2n) is 7.06. The third-order valence-corrected chi connectivity index (χ3v) is 5.16. The van der Waals surface area contributed by atoms with Crippen molar-refractivity contribution >= 4 is 11.8 Å². The highest BCUT2D eigenvalue weighted by Crippen LogP contribution is 2.26. The van der Waals surface area contributed by atoms with Gasteiger partial charge in [0.05, 0.1) is 18.3 Å². The van der Waals surface area contributed by atoms with E-state index in [1.165, 1.54) is 6.20 Å². The Morgan fingerprint density at radius 1 is 1.32 bits per heavy atom. The van der Waals surface area contributed by atoms with E-state index in [0.717, 1.165) is 19.5 Å². The van der Waals surface area contributed by atoms with Crippen molar-refractivity contribution in [1.82, 2.24) is 14.8 Å². The number of rotatable bonds is 3. The van der Waals surface area contributed by atoms with Crippen LogP contribution in [0.1, 0.15) is 41.1 Å². The van der Waals surface area contributed by atoms with E-state index in [9.17, 15) is 9.59 Å². The molecule has 2 N–H and O–H groups in total. The number of pyridine rings is 1. The van der Waals surface area contributed by atoms with Crippen LogP contribution in [-0.4, -0.2) is 71.5 Å². The molecule has 0 saturated carbocycles. The van der Waals surface area contributed by atoms with E-state index in [0.29, 0.717) is 31.7 Å². The number of piperidine rings is 1. The quantitative estimate of drug-likeness (QED) is 0.872. The van der Waals surface area contributed by atoms with Gasteiger partial charge in [-0.1, -0.05) is 0 Å². The van der Waals surface area contributed by atoms with E-state index in [-0.39, 0.29) is 23.3 Å². The normalized spacial score (nSPS) is 24.7. The smallest absolute Gasteiger partial charge is 0.268 e. The second kappa shape index (κ2) is 7.49. The van der Waals surface area contributed by atoms with Crippen LogP contribution in [0.15, 0.2) is 18.3 Å². The van der Waals surface area contributed by atoms with E-state index in [1.807, 2.05) is 0 Å². The molecule has 2 saturated heterocycles. The summed E-state index contributed by atoms with van der Waals surface area (Å²) in [4.78, 5) is 32.6. The number of likely N-dealkylation sites (tertiary alicyclic amines) is 1. The lowest BCUT2D eigenvalue weighted by atomic mass is 9.92. The van der Waals surface area contributed by atoms with Gasteiger partial charge in [-0.05, 0) is 32.4 Å². The van der Waals surface area contributed by atoms with Crippen molar-refractivity contribution in [2.24, 2.45) is 11.7 Å². The number of carbonyl (C=O) groups excluding carboxylic acids is 2. The van der Waals surface area contributed by atoms with Crippen molar-refractivity contribution in [1.29, 1.82) is 0 Å². The fourth-order valence-corrected chi connectivity index (χ4v) is 3.67. The Labute approximate surface area is 148 Å². The molecule has 0 bridgehead atoms. The summed E-state index contributed by atoms with van der Waals surface area (Å²) in [5, 5.41) is 0. The minimum atomic E-state index is -0.683. The van der Waals surface area contributed by atoms with Gasteiger partial charge in [-0.15, -0.1) is 0 Å². The Bertz CT molecular complexity index is 649. The number of aromatic nitrogens is 1. The van der Waals surface area contributed by atoms with E-state index in [2.05, 4.69) is 23.7 Å². The highest BCUT2D eigenvalue weighted by Gasteiger charge is 2.36. The lowest BCUT2D eigenvalue weighted by molar-refractivity contribution is -0.0171. The van der Waals surface area contributed by atoms with Gasteiger partial charge in [-0.25, -0.2) is 0 Å². The Kier molecular flexibility index (Phi) is 5.34. The van der Waals surface area contributed by atoms with Crippen LogP contribution >= 0.6 is 0 Å². The molecule has 2 atom stereocenters. The summed E-state index contributed by atoms with van der Waals surface area (Å²) in [6.07, 6.45) is 2.40. The van der Waals surface area contributed by atoms with Crippen molar-refractivity contribution < 1.29 is 14.3 Å². The van der Waals surface area contributed by atoms with Crippen LogP contribution in [0, 0.1) is 5.92 Å². The molecule has 0 spiro atoms. The molecule has 2 aliphatic heterocycles. The van der Waals surface area contributed by atoms with Crippen LogP contribution < -0.4 is 5.73 Å². The molecular weight excluding hydrogens is 320 g/mol. The average molecular weight is 346 g/mol.